The van der Waals surface area contributed by atoms with Crippen LogP contribution < -0.4 is 10.6 Å². The Kier molecular flexibility index (Phi) is 11.3. The third-order valence-electron chi connectivity index (χ3n) is 7.64. The van der Waals surface area contributed by atoms with Gasteiger partial charge < -0.3 is 40.2 Å². The van der Waals surface area contributed by atoms with Gasteiger partial charge in [0, 0.05) is 37.3 Å². The molecule has 4 atom stereocenters. The van der Waals surface area contributed by atoms with Crippen molar-refractivity contribution in [3.8, 4) is 0 Å². The summed E-state index contributed by atoms with van der Waals surface area (Å²) in [6.45, 7) is 10.0. The number of hydrogen-bond acceptors (Lipinski definition) is 10. The molecule has 0 aromatic carbocycles. The number of carboxylic acid groups (broad SMARTS) is 1. The Bertz CT molecular complexity index is 889. The number of hydrogen-bond donors (Lipinski definition) is 5. The zero-order valence-corrected chi connectivity index (χ0v) is 24.9. The Morgan fingerprint density at radius 2 is 1.43 bits per heavy atom. The SMILES string of the molecule is CC(=O)OC1(O)CC(=O)OC(C(C)(C)CCCNC(=S)NCCCC(C)(C)C2CC(O)(CC(=O)O)CC(=O)O2)C1. The first-order valence-electron chi connectivity index (χ1n) is 13.6. The average molecular weight is 589 g/mol. The van der Waals surface area contributed by atoms with Crippen LogP contribution in [-0.2, 0) is 33.4 Å². The van der Waals surface area contributed by atoms with Gasteiger partial charge in [0.15, 0.2) is 5.11 Å². The van der Waals surface area contributed by atoms with E-state index in [9.17, 15) is 29.4 Å². The molecule has 0 aromatic heterocycles. The highest BCUT2D eigenvalue weighted by Gasteiger charge is 2.48. The maximum Gasteiger partial charge on any atom is 0.312 e. The van der Waals surface area contributed by atoms with Crippen LogP contribution in [0.2, 0.25) is 0 Å². The molecule has 2 rings (SSSR count). The number of carbonyl (C=O) groups excluding carboxylic acids is 3. The van der Waals surface area contributed by atoms with Gasteiger partial charge in [-0.3, -0.25) is 19.2 Å². The minimum Gasteiger partial charge on any atom is -0.481 e. The molecular formula is C27H44N2O10S. The van der Waals surface area contributed by atoms with E-state index >= 15 is 0 Å². The molecular weight excluding hydrogens is 544 g/mol. The number of esters is 3. The van der Waals surface area contributed by atoms with Crippen LogP contribution in [0.25, 0.3) is 0 Å². The van der Waals surface area contributed by atoms with Crippen LogP contribution in [0.1, 0.15) is 92.4 Å². The first-order valence-corrected chi connectivity index (χ1v) is 14.0. The molecule has 0 aliphatic carbocycles. The Balaban J connectivity index is 1.72. The lowest BCUT2D eigenvalue weighted by molar-refractivity contribution is -0.248. The molecule has 0 spiro atoms. The summed E-state index contributed by atoms with van der Waals surface area (Å²) in [7, 11) is 0. The molecule has 0 bridgehead atoms. The minimum absolute atomic E-state index is 0.00791. The van der Waals surface area contributed by atoms with Crippen molar-refractivity contribution in [1.82, 2.24) is 10.6 Å². The lowest BCUT2D eigenvalue weighted by Gasteiger charge is -2.42. The lowest BCUT2D eigenvalue weighted by atomic mass is 9.74. The fourth-order valence-electron chi connectivity index (χ4n) is 5.27. The van der Waals surface area contributed by atoms with Gasteiger partial charge in [-0.2, -0.15) is 0 Å². The lowest BCUT2D eigenvalue weighted by Crippen LogP contribution is -2.50. The Labute approximate surface area is 240 Å². The van der Waals surface area contributed by atoms with E-state index in [-0.39, 0.29) is 19.3 Å². The molecule has 2 saturated heterocycles. The highest BCUT2D eigenvalue weighted by molar-refractivity contribution is 7.80. The van der Waals surface area contributed by atoms with Gasteiger partial charge in [0.1, 0.15) is 18.6 Å². The zero-order chi connectivity index (χ0) is 30.4. The van der Waals surface area contributed by atoms with E-state index < -0.39 is 71.1 Å². The summed E-state index contributed by atoms with van der Waals surface area (Å²) in [5.41, 5.74) is -2.57. The van der Waals surface area contributed by atoms with Crippen molar-refractivity contribution in [1.29, 1.82) is 0 Å². The number of cyclic esters (lactones) is 2. The minimum atomic E-state index is -1.86. The largest absolute Gasteiger partial charge is 0.481 e. The number of aliphatic hydroxyl groups is 2. The van der Waals surface area contributed by atoms with Gasteiger partial charge in [0.2, 0.25) is 5.79 Å². The molecule has 0 radical (unpaired) electrons. The van der Waals surface area contributed by atoms with Crippen LogP contribution in [0.15, 0.2) is 0 Å². The summed E-state index contributed by atoms with van der Waals surface area (Å²) in [5, 5.41) is 37.0. The van der Waals surface area contributed by atoms with Gasteiger partial charge >= 0.3 is 23.9 Å². The fraction of sp³-hybridized carbons (Fsp3) is 0.815. The molecule has 13 heteroatoms. The molecule has 0 aromatic rings. The Morgan fingerprint density at radius 1 is 0.950 bits per heavy atom. The van der Waals surface area contributed by atoms with Crippen molar-refractivity contribution < 1.29 is 48.7 Å². The van der Waals surface area contributed by atoms with E-state index in [1.54, 1.807) is 0 Å². The Hall–Kier alpha value is -2.51. The predicted molar refractivity (Wildman–Crippen MR) is 147 cm³/mol. The molecule has 40 heavy (non-hydrogen) atoms. The van der Waals surface area contributed by atoms with Gasteiger partial charge in [0.05, 0.1) is 24.9 Å². The van der Waals surface area contributed by atoms with Gasteiger partial charge in [-0.1, -0.05) is 27.7 Å². The smallest absolute Gasteiger partial charge is 0.312 e. The fourth-order valence-corrected chi connectivity index (χ4v) is 5.47. The monoisotopic (exact) mass is 588 g/mol. The quantitative estimate of drug-likeness (QED) is 0.0693. The van der Waals surface area contributed by atoms with Gasteiger partial charge in [-0.05, 0) is 37.9 Å². The van der Waals surface area contributed by atoms with Crippen LogP contribution in [-0.4, -0.2) is 81.0 Å². The van der Waals surface area contributed by atoms with E-state index in [0.29, 0.717) is 43.9 Å². The van der Waals surface area contributed by atoms with Crippen molar-refractivity contribution in [3.05, 3.63) is 0 Å². The maximum absolute atomic E-state index is 12.0. The summed E-state index contributed by atoms with van der Waals surface area (Å²) in [4.78, 5) is 46.5. The van der Waals surface area contributed by atoms with Crippen LogP contribution >= 0.6 is 12.2 Å². The molecule has 228 valence electrons. The van der Waals surface area contributed by atoms with E-state index in [1.165, 1.54) is 6.92 Å². The number of nitrogens with one attached hydrogen (secondary N) is 2. The van der Waals surface area contributed by atoms with Gasteiger partial charge in [-0.15, -0.1) is 0 Å². The van der Waals surface area contributed by atoms with Crippen molar-refractivity contribution in [3.63, 3.8) is 0 Å². The molecule has 2 fully saturated rings. The number of thiocarbonyl (C=S) groups is 1. The second-order valence-electron chi connectivity index (χ2n) is 12.4. The number of aliphatic carboxylic acids is 1. The third-order valence-corrected chi connectivity index (χ3v) is 7.92. The number of carbonyl (C=O) groups is 4. The Morgan fingerprint density at radius 3 is 1.90 bits per heavy atom. The summed E-state index contributed by atoms with van der Waals surface area (Å²) in [6.07, 6.45) is 0.351. The molecule has 2 aliphatic heterocycles. The number of carboxylic acids is 1. The molecule has 0 amide bonds. The summed E-state index contributed by atoms with van der Waals surface area (Å²) in [6, 6.07) is 0. The predicted octanol–water partition coefficient (Wildman–Crippen LogP) is 1.93. The van der Waals surface area contributed by atoms with Crippen molar-refractivity contribution in [2.24, 2.45) is 10.8 Å². The van der Waals surface area contributed by atoms with Gasteiger partial charge in [0.25, 0.3) is 0 Å². The second-order valence-corrected chi connectivity index (χ2v) is 12.8. The molecule has 2 aliphatic rings. The topological polar surface area (TPSA) is 181 Å². The maximum atomic E-state index is 12.0. The molecule has 2 heterocycles. The summed E-state index contributed by atoms with van der Waals surface area (Å²) in [5.74, 6) is -4.90. The van der Waals surface area contributed by atoms with Crippen molar-refractivity contribution in [2.45, 2.75) is 116 Å². The summed E-state index contributed by atoms with van der Waals surface area (Å²) < 4.78 is 15.9. The first kappa shape index (κ1) is 33.7. The van der Waals surface area contributed by atoms with Gasteiger partial charge in [-0.25, -0.2) is 0 Å². The summed E-state index contributed by atoms with van der Waals surface area (Å²) >= 11 is 5.36. The second kappa shape index (κ2) is 13.4. The van der Waals surface area contributed by atoms with Crippen LogP contribution in [0.3, 0.4) is 0 Å². The zero-order valence-electron chi connectivity index (χ0n) is 24.0. The highest BCUT2D eigenvalue weighted by atomic mass is 32.1. The van der Waals surface area contributed by atoms with Crippen molar-refractivity contribution in [2.75, 3.05) is 13.1 Å². The highest BCUT2D eigenvalue weighted by Crippen LogP contribution is 2.40. The van der Waals surface area contributed by atoms with E-state index in [0.717, 1.165) is 0 Å². The average Bonchev–Trinajstić information content (AvgIpc) is 2.76. The number of rotatable bonds is 13. The molecule has 0 saturated carbocycles. The standard InChI is InChI=1S/C27H44N2O10S/c1-17(30)39-27(36)13-19(38-22(34)16-27)25(4,5)9-7-11-29-23(40)28-10-6-8-24(2,3)18-12-26(35,14-20(31)32)15-21(33)37-18/h18-19,35-36H,6-16H2,1-5H3,(H,31,32)(H2,28,29,40). The van der Waals surface area contributed by atoms with Crippen LogP contribution in [0.5, 0.6) is 0 Å². The van der Waals surface area contributed by atoms with E-state index in [2.05, 4.69) is 10.6 Å². The van der Waals surface area contributed by atoms with Crippen LogP contribution in [0.4, 0.5) is 0 Å². The molecule has 12 nitrogen and oxygen atoms in total. The van der Waals surface area contributed by atoms with Crippen molar-refractivity contribution >= 4 is 41.2 Å². The van der Waals surface area contributed by atoms with E-state index in [4.69, 9.17) is 31.5 Å². The third kappa shape index (κ3) is 10.5. The first-order chi connectivity index (χ1) is 18.3. The normalized spacial score (nSPS) is 27.3. The molecule has 4 unspecified atom stereocenters. The van der Waals surface area contributed by atoms with E-state index in [1.807, 2.05) is 27.7 Å². The number of ether oxygens (including phenoxy) is 3. The van der Waals surface area contributed by atoms with Crippen LogP contribution in [0, 0.1) is 10.8 Å². The molecule has 5 N–H and O–H groups in total.